The highest BCUT2D eigenvalue weighted by atomic mass is 19.1. The van der Waals surface area contributed by atoms with Gasteiger partial charge in [0.25, 0.3) is 0 Å². The summed E-state index contributed by atoms with van der Waals surface area (Å²) in [5.41, 5.74) is 3.46. The number of hydrogen-bond donors (Lipinski definition) is 1. The Morgan fingerprint density at radius 2 is 2.00 bits per heavy atom. The van der Waals surface area contributed by atoms with Crippen LogP contribution >= 0.6 is 0 Å². The standard InChI is InChI=1S/C22H27FN4O2/c1-13(15-8-10-27(11-9-15)14(2)28)18-12-24-25-22(18)17-4-6-19-16(21(17)23)5-7-20(29)26(19)3/h4,6,12-13,15H,5,7-11H2,1-3H3,(H,24,25)/t13-/m1/s1. The van der Waals surface area contributed by atoms with Crippen LogP contribution in [0.3, 0.4) is 0 Å². The molecule has 2 aliphatic heterocycles. The monoisotopic (exact) mass is 398 g/mol. The highest BCUT2D eigenvalue weighted by Crippen LogP contribution is 2.40. The van der Waals surface area contributed by atoms with Gasteiger partial charge in [0, 0.05) is 55.9 Å². The van der Waals surface area contributed by atoms with Crippen LogP contribution in [0.5, 0.6) is 0 Å². The lowest BCUT2D eigenvalue weighted by Gasteiger charge is -2.34. The number of amides is 2. The molecule has 0 spiro atoms. The molecule has 3 heterocycles. The summed E-state index contributed by atoms with van der Waals surface area (Å²) < 4.78 is 15.4. The van der Waals surface area contributed by atoms with Crippen LogP contribution in [0.4, 0.5) is 10.1 Å². The third kappa shape index (κ3) is 3.43. The van der Waals surface area contributed by atoms with E-state index in [0.29, 0.717) is 41.3 Å². The number of halogens is 1. The fraction of sp³-hybridized carbons (Fsp3) is 0.500. The van der Waals surface area contributed by atoms with Crippen molar-refractivity contribution in [3.05, 3.63) is 35.3 Å². The first kappa shape index (κ1) is 19.6. The van der Waals surface area contributed by atoms with E-state index in [1.165, 1.54) is 4.90 Å². The highest BCUT2D eigenvalue weighted by Gasteiger charge is 2.30. The third-order valence-corrected chi connectivity index (χ3v) is 6.66. The Kier molecular flexibility index (Phi) is 5.15. The fourth-order valence-corrected chi connectivity index (χ4v) is 4.71. The number of aromatic amines is 1. The lowest BCUT2D eigenvalue weighted by Crippen LogP contribution is -2.38. The molecule has 1 N–H and O–H groups in total. The number of piperidine rings is 1. The van der Waals surface area contributed by atoms with Gasteiger partial charge in [0.2, 0.25) is 11.8 Å². The summed E-state index contributed by atoms with van der Waals surface area (Å²) in [5, 5.41) is 7.22. The molecule has 154 valence electrons. The number of fused-ring (bicyclic) bond motifs is 1. The molecule has 2 aromatic rings. The van der Waals surface area contributed by atoms with Gasteiger partial charge >= 0.3 is 0 Å². The quantitative estimate of drug-likeness (QED) is 0.861. The van der Waals surface area contributed by atoms with Gasteiger partial charge in [0.05, 0.1) is 11.9 Å². The number of nitrogens with one attached hydrogen (secondary N) is 1. The van der Waals surface area contributed by atoms with Crippen LogP contribution < -0.4 is 4.90 Å². The Hall–Kier alpha value is -2.70. The molecule has 0 aliphatic carbocycles. The second-order valence-corrected chi connectivity index (χ2v) is 8.21. The largest absolute Gasteiger partial charge is 0.343 e. The summed E-state index contributed by atoms with van der Waals surface area (Å²) in [4.78, 5) is 26.9. The molecule has 6 nitrogen and oxygen atoms in total. The molecule has 1 fully saturated rings. The first-order valence-electron chi connectivity index (χ1n) is 10.3. The Bertz CT molecular complexity index is 946. The first-order chi connectivity index (χ1) is 13.9. The second-order valence-electron chi connectivity index (χ2n) is 8.21. The average Bonchev–Trinajstić information content (AvgIpc) is 3.20. The number of nitrogens with zero attached hydrogens (tertiary/aromatic N) is 3. The SMILES string of the molecule is CC(=O)N1CCC([C@@H](C)c2cn[nH]c2-c2ccc3c(c2F)CCC(=O)N3C)CC1. The Morgan fingerprint density at radius 3 is 2.69 bits per heavy atom. The normalized spacial score (nSPS) is 18.7. The van der Waals surface area contributed by atoms with Crippen LogP contribution in [0, 0.1) is 11.7 Å². The lowest BCUT2D eigenvalue weighted by molar-refractivity contribution is -0.130. The van der Waals surface area contributed by atoms with E-state index in [1.807, 2.05) is 11.0 Å². The van der Waals surface area contributed by atoms with Gasteiger partial charge in [-0.1, -0.05) is 6.92 Å². The van der Waals surface area contributed by atoms with E-state index in [2.05, 4.69) is 17.1 Å². The van der Waals surface area contributed by atoms with Crippen molar-refractivity contribution in [1.82, 2.24) is 15.1 Å². The van der Waals surface area contributed by atoms with Crippen molar-refractivity contribution >= 4 is 17.5 Å². The predicted molar refractivity (Wildman–Crippen MR) is 109 cm³/mol. The second kappa shape index (κ2) is 7.61. The predicted octanol–water partition coefficient (Wildman–Crippen LogP) is 3.49. The molecule has 0 saturated carbocycles. The molecule has 0 bridgehead atoms. The number of carbonyl (C=O) groups excluding carboxylic acids is 2. The van der Waals surface area contributed by atoms with Crippen molar-refractivity contribution in [3.63, 3.8) is 0 Å². The van der Waals surface area contributed by atoms with Gasteiger partial charge in [-0.3, -0.25) is 14.7 Å². The lowest BCUT2D eigenvalue weighted by atomic mass is 9.80. The van der Waals surface area contributed by atoms with Crippen LogP contribution in [-0.4, -0.2) is 47.0 Å². The van der Waals surface area contributed by atoms with Crippen LogP contribution in [0.2, 0.25) is 0 Å². The molecule has 0 unspecified atom stereocenters. The van der Waals surface area contributed by atoms with Gasteiger partial charge < -0.3 is 9.80 Å². The highest BCUT2D eigenvalue weighted by molar-refractivity contribution is 5.96. The van der Waals surface area contributed by atoms with Gasteiger partial charge in [-0.25, -0.2) is 4.39 Å². The van der Waals surface area contributed by atoms with Crippen molar-refractivity contribution in [2.45, 2.75) is 45.4 Å². The van der Waals surface area contributed by atoms with E-state index in [0.717, 1.165) is 31.5 Å². The zero-order valence-electron chi connectivity index (χ0n) is 17.2. The van der Waals surface area contributed by atoms with E-state index in [-0.39, 0.29) is 23.5 Å². The minimum absolute atomic E-state index is 0.0115. The summed E-state index contributed by atoms with van der Waals surface area (Å²) in [6.45, 7) is 5.31. The van der Waals surface area contributed by atoms with Crippen molar-refractivity contribution in [3.8, 4) is 11.3 Å². The van der Waals surface area contributed by atoms with Crippen molar-refractivity contribution in [1.29, 1.82) is 0 Å². The number of anilines is 1. The Balaban J connectivity index is 1.62. The maximum atomic E-state index is 15.4. The van der Waals surface area contributed by atoms with Crippen LogP contribution in [0.15, 0.2) is 18.3 Å². The number of benzene rings is 1. The number of likely N-dealkylation sites (tertiary alicyclic amines) is 1. The first-order valence-corrected chi connectivity index (χ1v) is 10.3. The number of aromatic nitrogens is 2. The molecule has 29 heavy (non-hydrogen) atoms. The topological polar surface area (TPSA) is 69.3 Å². The van der Waals surface area contributed by atoms with Gasteiger partial charge in [0.1, 0.15) is 5.82 Å². The zero-order valence-corrected chi connectivity index (χ0v) is 17.2. The Labute approximate surface area is 170 Å². The maximum Gasteiger partial charge on any atom is 0.227 e. The van der Waals surface area contributed by atoms with E-state index in [9.17, 15) is 9.59 Å². The third-order valence-electron chi connectivity index (χ3n) is 6.66. The Morgan fingerprint density at radius 1 is 1.28 bits per heavy atom. The van der Waals surface area contributed by atoms with E-state index >= 15 is 4.39 Å². The smallest absolute Gasteiger partial charge is 0.227 e. The molecule has 1 aromatic carbocycles. The van der Waals surface area contributed by atoms with Gasteiger partial charge in [-0.2, -0.15) is 5.10 Å². The molecular weight excluding hydrogens is 371 g/mol. The van der Waals surface area contributed by atoms with Crippen LogP contribution in [-0.2, 0) is 16.0 Å². The molecular formula is C22H27FN4O2. The molecule has 1 saturated heterocycles. The van der Waals surface area contributed by atoms with Crippen molar-refractivity contribution in [2.75, 3.05) is 25.0 Å². The molecule has 2 aliphatic rings. The fourth-order valence-electron chi connectivity index (χ4n) is 4.71. The summed E-state index contributed by atoms with van der Waals surface area (Å²) in [7, 11) is 1.69. The summed E-state index contributed by atoms with van der Waals surface area (Å²) in [6, 6.07) is 3.57. The molecule has 2 amide bonds. The zero-order chi connectivity index (χ0) is 20.7. The van der Waals surface area contributed by atoms with E-state index in [1.54, 1.807) is 26.2 Å². The summed E-state index contributed by atoms with van der Waals surface area (Å²) >= 11 is 0. The maximum absolute atomic E-state index is 15.4. The minimum atomic E-state index is -0.272. The summed E-state index contributed by atoms with van der Waals surface area (Å²) in [6.07, 6.45) is 4.41. The number of rotatable bonds is 3. The number of hydrogen-bond acceptors (Lipinski definition) is 3. The van der Waals surface area contributed by atoms with Crippen LogP contribution in [0.25, 0.3) is 11.3 Å². The van der Waals surface area contributed by atoms with Gasteiger partial charge in [-0.05, 0) is 43.2 Å². The average molecular weight is 398 g/mol. The molecule has 0 radical (unpaired) electrons. The molecule has 1 aromatic heterocycles. The molecule has 7 heteroatoms. The molecule has 1 atom stereocenters. The number of H-pyrrole nitrogens is 1. The molecule has 4 rings (SSSR count). The number of carbonyl (C=O) groups is 2. The van der Waals surface area contributed by atoms with Crippen molar-refractivity contribution < 1.29 is 14.0 Å². The minimum Gasteiger partial charge on any atom is -0.343 e. The summed E-state index contributed by atoms with van der Waals surface area (Å²) in [5.74, 6) is 0.493. The van der Waals surface area contributed by atoms with Gasteiger partial charge in [0.15, 0.2) is 0 Å². The van der Waals surface area contributed by atoms with Gasteiger partial charge in [-0.15, -0.1) is 0 Å². The van der Waals surface area contributed by atoms with E-state index in [4.69, 9.17) is 0 Å². The van der Waals surface area contributed by atoms with Crippen molar-refractivity contribution in [2.24, 2.45) is 5.92 Å². The van der Waals surface area contributed by atoms with E-state index < -0.39 is 0 Å². The van der Waals surface area contributed by atoms with Crippen LogP contribution in [0.1, 0.15) is 50.2 Å².